The van der Waals surface area contributed by atoms with Crippen molar-refractivity contribution in [3.8, 4) is 0 Å². The predicted octanol–water partition coefficient (Wildman–Crippen LogP) is 3.16. The van der Waals surface area contributed by atoms with Gasteiger partial charge >= 0.3 is 0 Å². The second-order valence-corrected chi connectivity index (χ2v) is 4.76. The van der Waals surface area contributed by atoms with Crippen molar-refractivity contribution in [2.45, 2.75) is 12.8 Å². The van der Waals surface area contributed by atoms with Gasteiger partial charge in [-0.2, -0.15) is 0 Å². The number of likely N-dealkylation sites (tertiary alicyclic amines) is 1. The molecule has 0 saturated carbocycles. The Labute approximate surface area is 107 Å². The number of nitrogens with zero attached hydrogens (tertiary/aromatic N) is 3. The van der Waals surface area contributed by atoms with Gasteiger partial charge in [0.2, 0.25) is 0 Å². The first-order valence-corrected chi connectivity index (χ1v) is 6.98. The van der Waals surface area contributed by atoms with E-state index in [1.807, 2.05) is 36.6 Å². The van der Waals surface area contributed by atoms with Gasteiger partial charge in [-0.1, -0.05) is 30.0 Å². The number of para-hydroxylation sites is 1. The molecule has 0 aromatic heterocycles. The van der Waals surface area contributed by atoms with E-state index in [4.69, 9.17) is 0 Å². The van der Waals surface area contributed by atoms with E-state index < -0.39 is 0 Å². The van der Waals surface area contributed by atoms with Gasteiger partial charge in [-0.3, -0.25) is 0 Å². The normalized spacial score (nSPS) is 19.1. The molecule has 0 amide bonds. The highest BCUT2D eigenvalue weighted by Gasteiger charge is 2.14. The topological polar surface area (TPSA) is 28.0 Å². The van der Waals surface area contributed by atoms with E-state index >= 15 is 0 Å². The second-order valence-electron chi connectivity index (χ2n) is 3.99. The predicted molar refractivity (Wildman–Crippen MR) is 76.4 cm³/mol. The Morgan fingerprint density at radius 2 is 2.06 bits per heavy atom. The van der Waals surface area contributed by atoms with Gasteiger partial charge in [-0.15, -0.1) is 0 Å². The Kier molecular flexibility index (Phi) is 4.20. The van der Waals surface area contributed by atoms with E-state index in [1.165, 1.54) is 6.42 Å². The minimum atomic E-state index is 0.833. The van der Waals surface area contributed by atoms with Gasteiger partial charge in [0.25, 0.3) is 0 Å². The highest BCUT2D eigenvalue weighted by atomic mass is 32.2. The van der Waals surface area contributed by atoms with Crippen molar-refractivity contribution < 1.29 is 0 Å². The van der Waals surface area contributed by atoms with Gasteiger partial charge in [0, 0.05) is 20.0 Å². The number of amidine groups is 2. The molecule has 0 atom stereocenters. The molecule has 1 heterocycles. The summed E-state index contributed by atoms with van der Waals surface area (Å²) in [6.07, 6.45) is 4.27. The van der Waals surface area contributed by atoms with Crippen molar-refractivity contribution in [1.29, 1.82) is 0 Å². The first-order valence-electron chi connectivity index (χ1n) is 5.76. The van der Waals surface area contributed by atoms with Gasteiger partial charge in [0.15, 0.2) is 5.17 Å². The quantitative estimate of drug-likeness (QED) is 0.563. The third-order valence-electron chi connectivity index (χ3n) is 2.72. The maximum Gasteiger partial charge on any atom is 0.189 e. The smallest absolute Gasteiger partial charge is 0.189 e. The van der Waals surface area contributed by atoms with Crippen LogP contribution in [0.2, 0.25) is 0 Å². The van der Waals surface area contributed by atoms with Gasteiger partial charge in [-0.05, 0) is 24.8 Å². The maximum atomic E-state index is 4.63. The molecule has 0 unspecified atom stereocenters. The summed E-state index contributed by atoms with van der Waals surface area (Å²) in [4.78, 5) is 11.4. The summed E-state index contributed by atoms with van der Waals surface area (Å²) in [5.41, 5.74) is 0.960. The molecule has 90 valence electrons. The van der Waals surface area contributed by atoms with Gasteiger partial charge in [-0.25, -0.2) is 9.98 Å². The summed E-state index contributed by atoms with van der Waals surface area (Å²) in [6, 6.07) is 9.97. The van der Waals surface area contributed by atoms with Crippen LogP contribution < -0.4 is 0 Å². The molecule has 0 bridgehead atoms. The van der Waals surface area contributed by atoms with Crippen LogP contribution in [-0.2, 0) is 0 Å². The maximum absolute atomic E-state index is 4.63. The third kappa shape index (κ3) is 3.33. The average molecular weight is 247 g/mol. The lowest BCUT2D eigenvalue weighted by atomic mass is 10.3. The van der Waals surface area contributed by atoms with Gasteiger partial charge < -0.3 is 4.90 Å². The van der Waals surface area contributed by atoms with E-state index in [0.29, 0.717) is 0 Å². The number of benzene rings is 1. The fourth-order valence-corrected chi connectivity index (χ4v) is 2.17. The zero-order valence-electron chi connectivity index (χ0n) is 10.3. The lowest BCUT2D eigenvalue weighted by Gasteiger charge is -2.10. The van der Waals surface area contributed by atoms with Crippen molar-refractivity contribution in [3.05, 3.63) is 30.3 Å². The Hall–Kier alpha value is -1.29. The molecular formula is C13H17N3S. The van der Waals surface area contributed by atoms with Crippen molar-refractivity contribution in [3.63, 3.8) is 0 Å². The molecule has 1 aromatic rings. The molecule has 3 nitrogen and oxygen atoms in total. The summed E-state index contributed by atoms with van der Waals surface area (Å²) >= 11 is 1.59. The van der Waals surface area contributed by atoms with Crippen molar-refractivity contribution >= 4 is 28.5 Å². The lowest BCUT2D eigenvalue weighted by molar-refractivity contribution is 0.550. The molecule has 0 spiro atoms. The fraction of sp³-hybridized carbons (Fsp3) is 0.385. The molecule has 2 rings (SSSR count). The highest BCUT2D eigenvalue weighted by molar-refractivity contribution is 8.13. The lowest BCUT2D eigenvalue weighted by Crippen LogP contribution is -2.19. The van der Waals surface area contributed by atoms with Crippen LogP contribution in [0.3, 0.4) is 0 Å². The Morgan fingerprint density at radius 3 is 2.65 bits per heavy atom. The largest absolute Gasteiger partial charge is 0.363 e. The summed E-state index contributed by atoms with van der Waals surface area (Å²) < 4.78 is 0. The summed E-state index contributed by atoms with van der Waals surface area (Å²) in [7, 11) is 2.09. The van der Waals surface area contributed by atoms with E-state index in [9.17, 15) is 0 Å². The van der Waals surface area contributed by atoms with Crippen LogP contribution in [0.5, 0.6) is 0 Å². The summed E-state index contributed by atoms with van der Waals surface area (Å²) in [5.74, 6) is 1.15. The summed E-state index contributed by atoms with van der Waals surface area (Å²) in [6.45, 7) is 1.10. The standard InChI is InChI=1S/C13H17N3S/c1-16-10-6-9-12(16)15-13(17-2)14-11-7-4-3-5-8-11/h3-5,7-8H,6,9-10H2,1-2H3/b14-13-,15-12-. The van der Waals surface area contributed by atoms with Gasteiger partial charge in [0.1, 0.15) is 5.84 Å². The number of aliphatic imine (C=N–C) groups is 2. The van der Waals surface area contributed by atoms with Gasteiger partial charge in [0.05, 0.1) is 5.69 Å². The molecular weight excluding hydrogens is 230 g/mol. The first-order chi connectivity index (χ1) is 8.29. The van der Waals surface area contributed by atoms with Crippen molar-refractivity contribution in [1.82, 2.24) is 4.90 Å². The Bertz CT molecular complexity index is 426. The molecule has 4 heteroatoms. The van der Waals surface area contributed by atoms with E-state index in [-0.39, 0.29) is 0 Å². The first kappa shape index (κ1) is 12.2. The molecule has 0 N–H and O–H groups in total. The van der Waals surface area contributed by atoms with Crippen molar-refractivity contribution in [2.75, 3.05) is 19.8 Å². The summed E-state index contributed by atoms with van der Waals surface area (Å²) in [5, 5.41) is 0.833. The highest BCUT2D eigenvalue weighted by Crippen LogP contribution is 2.16. The number of hydrogen-bond donors (Lipinski definition) is 0. The van der Waals surface area contributed by atoms with Crippen LogP contribution in [0, 0.1) is 0 Å². The fourth-order valence-electron chi connectivity index (χ4n) is 1.78. The molecule has 1 aromatic carbocycles. The molecule has 1 fully saturated rings. The van der Waals surface area contributed by atoms with E-state index in [1.54, 1.807) is 11.8 Å². The number of hydrogen-bond acceptors (Lipinski definition) is 2. The second kappa shape index (κ2) is 5.87. The zero-order chi connectivity index (χ0) is 12.1. The van der Waals surface area contributed by atoms with E-state index in [2.05, 4.69) is 21.9 Å². The SMILES string of the molecule is CSC(=N\c1ccccc1)/N=C1/CCCN1C. The minimum absolute atomic E-state index is 0.833. The molecule has 0 aliphatic carbocycles. The minimum Gasteiger partial charge on any atom is -0.363 e. The number of thioether (sulfide) groups is 1. The van der Waals surface area contributed by atoms with Crippen LogP contribution in [0.15, 0.2) is 40.3 Å². The average Bonchev–Trinajstić information content (AvgIpc) is 2.75. The Balaban J connectivity index is 2.19. The molecule has 1 aliphatic rings. The van der Waals surface area contributed by atoms with Crippen LogP contribution in [0.4, 0.5) is 5.69 Å². The van der Waals surface area contributed by atoms with Crippen LogP contribution in [0.1, 0.15) is 12.8 Å². The Morgan fingerprint density at radius 1 is 1.29 bits per heavy atom. The zero-order valence-corrected chi connectivity index (χ0v) is 11.1. The van der Waals surface area contributed by atoms with E-state index in [0.717, 1.165) is 29.7 Å². The van der Waals surface area contributed by atoms with Crippen LogP contribution >= 0.6 is 11.8 Å². The number of rotatable bonds is 1. The molecule has 1 saturated heterocycles. The van der Waals surface area contributed by atoms with Crippen molar-refractivity contribution in [2.24, 2.45) is 9.98 Å². The molecule has 17 heavy (non-hydrogen) atoms. The monoisotopic (exact) mass is 247 g/mol. The molecule has 0 radical (unpaired) electrons. The third-order valence-corrected chi connectivity index (χ3v) is 3.27. The van der Waals surface area contributed by atoms with Crippen LogP contribution in [0.25, 0.3) is 0 Å². The van der Waals surface area contributed by atoms with Crippen LogP contribution in [-0.4, -0.2) is 35.8 Å². The molecule has 1 aliphatic heterocycles.